The van der Waals surface area contributed by atoms with Crippen LogP contribution in [0.1, 0.15) is 57.8 Å². The highest BCUT2D eigenvalue weighted by atomic mass is 16.5. The molecule has 0 spiro atoms. The monoisotopic (exact) mass is 333 g/mol. The summed E-state index contributed by atoms with van der Waals surface area (Å²) in [5.41, 5.74) is -0.495. The molecule has 0 radical (unpaired) electrons. The predicted molar refractivity (Wildman–Crippen MR) is 95.2 cm³/mol. The van der Waals surface area contributed by atoms with E-state index in [-0.39, 0.29) is 12.1 Å². The molecule has 3 atom stereocenters. The Labute approximate surface area is 145 Å². The number of hydrogen-bond donors (Lipinski definition) is 3. The third-order valence-electron chi connectivity index (χ3n) is 5.61. The lowest BCUT2D eigenvalue weighted by atomic mass is 9.82. The van der Waals surface area contributed by atoms with Gasteiger partial charge in [-0.05, 0) is 57.2 Å². The number of para-hydroxylation sites is 1. The highest BCUT2D eigenvalue weighted by Crippen LogP contribution is 2.31. The topological polar surface area (TPSA) is 61.7 Å². The molecule has 2 saturated carbocycles. The summed E-state index contributed by atoms with van der Waals surface area (Å²) in [5, 5.41) is 24.7. The summed E-state index contributed by atoms with van der Waals surface area (Å²) < 4.78 is 5.97. The smallest absolute Gasteiger partial charge is 0.126 e. The molecule has 0 amide bonds. The van der Waals surface area contributed by atoms with Crippen LogP contribution in [0.5, 0.6) is 5.75 Å². The molecular formula is C20H31NO3. The second-order valence-corrected chi connectivity index (χ2v) is 7.49. The molecule has 0 unspecified atom stereocenters. The van der Waals surface area contributed by atoms with Crippen LogP contribution >= 0.6 is 0 Å². The van der Waals surface area contributed by atoms with Crippen LogP contribution < -0.4 is 10.1 Å². The predicted octanol–water partition coefficient (Wildman–Crippen LogP) is 3.02. The van der Waals surface area contributed by atoms with Crippen molar-refractivity contribution in [3.8, 4) is 5.75 Å². The van der Waals surface area contributed by atoms with Gasteiger partial charge in [-0.25, -0.2) is 0 Å². The van der Waals surface area contributed by atoms with E-state index in [0.717, 1.165) is 63.7 Å². The van der Waals surface area contributed by atoms with Crippen LogP contribution in [0.4, 0.5) is 0 Å². The first-order valence-corrected chi connectivity index (χ1v) is 9.52. The van der Waals surface area contributed by atoms with Crippen LogP contribution in [0.25, 0.3) is 0 Å². The average molecular weight is 333 g/mol. The van der Waals surface area contributed by atoms with Gasteiger partial charge in [0.25, 0.3) is 0 Å². The van der Waals surface area contributed by atoms with Crippen molar-refractivity contribution in [3.63, 3.8) is 0 Å². The van der Waals surface area contributed by atoms with Crippen molar-refractivity contribution in [1.29, 1.82) is 0 Å². The van der Waals surface area contributed by atoms with E-state index in [0.29, 0.717) is 0 Å². The van der Waals surface area contributed by atoms with Gasteiger partial charge in [-0.15, -0.1) is 0 Å². The zero-order chi connectivity index (χ0) is 16.8. The lowest BCUT2D eigenvalue weighted by Crippen LogP contribution is -2.52. The number of aliphatic hydroxyl groups excluding tert-OH is 1. The molecular weight excluding hydrogens is 302 g/mol. The molecule has 24 heavy (non-hydrogen) atoms. The Kier molecular flexibility index (Phi) is 6.14. The van der Waals surface area contributed by atoms with Crippen LogP contribution in [0.3, 0.4) is 0 Å². The van der Waals surface area contributed by atoms with Crippen molar-refractivity contribution in [3.05, 3.63) is 30.3 Å². The van der Waals surface area contributed by atoms with Crippen molar-refractivity contribution in [2.24, 2.45) is 0 Å². The SMILES string of the molecule is O[C@@H]1[C@@H](NCCC2(O)CCCCC2)CCC[C@H]1Oc1ccccc1. The Morgan fingerprint density at radius 2 is 1.79 bits per heavy atom. The average Bonchev–Trinajstić information content (AvgIpc) is 2.60. The normalized spacial score (nSPS) is 30.0. The molecule has 4 nitrogen and oxygen atoms in total. The summed E-state index contributed by atoms with van der Waals surface area (Å²) >= 11 is 0. The minimum absolute atomic E-state index is 0.0552. The highest BCUT2D eigenvalue weighted by molar-refractivity contribution is 5.21. The molecule has 0 aromatic heterocycles. The van der Waals surface area contributed by atoms with Crippen LogP contribution in [0.15, 0.2) is 30.3 Å². The van der Waals surface area contributed by atoms with Crippen LogP contribution in [0, 0.1) is 0 Å². The van der Waals surface area contributed by atoms with Gasteiger partial charge in [0.05, 0.1) is 5.60 Å². The van der Waals surface area contributed by atoms with E-state index in [1.54, 1.807) is 0 Å². The zero-order valence-electron chi connectivity index (χ0n) is 14.5. The van der Waals surface area contributed by atoms with Crippen LogP contribution in [0.2, 0.25) is 0 Å². The quantitative estimate of drug-likeness (QED) is 0.749. The fraction of sp³-hybridized carbons (Fsp3) is 0.700. The van der Waals surface area contributed by atoms with Gasteiger partial charge in [0.1, 0.15) is 18.0 Å². The first kappa shape index (κ1) is 17.7. The molecule has 2 aliphatic rings. The van der Waals surface area contributed by atoms with Crippen molar-refractivity contribution in [2.75, 3.05) is 6.54 Å². The molecule has 1 aromatic carbocycles. The van der Waals surface area contributed by atoms with Gasteiger partial charge in [-0.1, -0.05) is 37.5 Å². The second kappa shape index (κ2) is 8.32. The van der Waals surface area contributed by atoms with Crippen molar-refractivity contribution in [1.82, 2.24) is 5.32 Å². The summed E-state index contributed by atoms with van der Waals surface area (Å²) in [6.07, 6.45) is 8.38. The molecule has 0 aliphatic heterocycles. The molecule has 0 bridgehead atoms. The van der Waals surface area contributed by atoms with Gasteiger partial charge >= 0.3 is 0 Å². The van der Waals surface area contributed by atoms with E-state index in [2.05, 4.69) is 5.32 Å². The fourth-order valence-electron chi connectivity index (χ4n) is 4.12. The lowest BCUT2D eigenvalue weighted by Gasteiger charge is -2.37. The Morgan fingerprint density at radius 3 is 2.54 bits per heavy atom. The summed E-state index contributed by atoms with van der Waals surface area (Å²) in [4.78, 5) is 0. The van der Waals surface area contributed by atoms with Gasteiger partial charge in [-0.2, -0.15) is 0 Å². The molecule has 0 heterocycles. The van der Waals surface area contributed by atoms with Gasteiger partial charge < -0.3 is 20.3 Å². The molecule has 3 rings (SSSR count). The van der Waals surface area contributed by atoms with Crippen molar-refractivity contribution < 1.29 is 14.9 Å². The third-order valence-corrected chi connectivity index (χ3v) is 5.61. The fourth-order valence-corrected chi connectivity index (χ4v) is 4.12. The Morgan fingerprint density at radius 1 is 1.04 bits per heavy atom. The van der Waals surface area contributed by atoms with E-state index < -0.39 is 11.7 Å². The largest absolute Gasteiger partial charge is 0.488 e. The standard InChI is InChI=1S/C20H31NO3/c22-19-17(21-15-14-20(23)12-5-2-6-13-20)10-7-11-18(19)24-16-8-3-1-4-9-16/h1,3-4,8-9,17-19,21-23H,2,5-7,10-15H2/t17-,18+,19+/m0/s1. The second-order valence-electron chi connectivity index (χ2n) is 7.49. The Hall–Kier alpha value is -1.10. The van der Waals surface area contributed by atoms with E-state index in [4.69, 9.17) is 4.74 Å². The number of benzene rings is 1. The number of hydrogen-bond acceptors (Lipinski definition) is 4. The first-order chi connectivity index (χ1) is 11.7. The molecule has 1 aromatic rings. The summed E-state index contributed by atoms with van der Waals surface area (Å²) in [6, 6.07) is 9.78. The number of rotatable bonds is 6. The number of nitrogens with one attached hydrogen (secondary N) is 1. The summed E-state index contributed by atoms with van der Waals surface area (Å²) in [7, 11) is 0. The van der Waals surface area contributed by atoms with Gasteiger partial charge in [-0.3, -0.25) is 0 Å². The first-order valence-electron chi connectivity index (χ1n) is 9.52. The Balaban J connectivity index is 1.47. The van der Waals surface area contributed by atoms with E-state index >= 15 is 0 Å². The van der Waals surface area contributed by atoms with Crippen molar-refractivity contribution in [2.45, 2.75) is 81.6 Å². The van der Waals surface area contributed by atoms with E-state index in [9.17, 15) is 10.2 Å². The van der Waals surface area contributed by atoms with Crippen molar-refractivity contribution >= 4 is 0 Å². The van der Waals surface area contributed by atoms with Crippen LogP contribution in [-0.2, 0) is 0 Å². The zero-order valence-corrected chi connectivity index (χ0v) is 14.5. The molecule has 134 valence electrons. The molecule has 4 heteroatoms. The van der Waals surface area contributed by atoms with E-state index in [1.807, 2.05) is 30.3 Å². The summed E-state index contributed by atoms with van der Waals surface area (Å²) in [6.45, 7) is 0.760. The molecule has 2 aliphatic carbocycles. The van der Waals surface area contributed by atoms with Crippen LogP contribution in [-0.4, -0.2) is 40.6 Å². The highest BCUT2D eigenvalue weighted by Gasteiger charge is 2.34. The maximum Gasteiger partial charge on any atom is 0.126 e. The summed E-state index contributed by atoms with van der Waals surface area (Å²) in [5.74, 6) is 0.818. The van der Waals surface area contributed by atoms with E-state index in [1.165, 1.54) is 6.42 Å². The molecule has 3 N–H and O–H groups in total. The third kappa shape index (κ3) is 4.71. The minimum Gasteiger partial charge on any atom is -0.488 e. The Bertz CT molecular complexity index is 487. The molecule has 2 fully saturated rings. The van der Waals surface area contributed by atoms with Gasteiger partial charge in [0, 0.05) is 6.04 Å². The maximum atomic E-state index is 10.6. The van der Waals surface area contributed by atoms with Gasteiger partial charge in [0.15, 0.2) is 0 Å². The lowest BCUT2D eigenvalue weighted by molar-refractivity contribution is -0.0238. The number of ether oxygens (including phenoxy) is 1. The molecule has 0 saturated heterocycles. The number of aliphatic hydroxyl groups is 2. The maximum absolute atomic E-state index is 10.6. The minimum atomic E-state index is -0.500. The van der Waals surface area contributed by atoms with Gasteiger partial charge in [0.2, 0.25) is 0 Å².